The average molecular weight is 326 g/mol. The van der Waals surface area contributed by atoms with Gasteiger partial charge in [-0.1, -0.05) is 51.1 Å². The number of hydrogen-bond acceptors (Lipinski definition) is 3. The van der Waals surface area contributed by atoms with Crippen molar-refractivity contribution in [1.82, 2.24) is 5.43 Å². The molecule has 0 fully saturated rings. The number of anilines is 1. The summed E-state index contributed by atoms with van der Waals surface area (Å²) < 4.78 is 0. The molecular weight excluding hydrogens is 304 g/mol. The van der Waals surface area contributed by atoms with Gasteiger partial charge in [-0.25, -0.2) is 0 Å². The van der Waals surface area contributed by atoms with Crippen LogP contribution in [0.5, 0.6) is 0 Å². The van der Waals surface area contributed by atoms with Crippen molar-refractivity contribution in [2.75, 3.05) is 5.43 Å². The van der Waals surface area contributed by atoms with Gasteiger partial charge < -0.3 is 0 Å². The fourth-order valence-electron chi connectivity index (χ4n) is 2.07. The standard InChI is InChI=1S/C18H22N4S/c1-18(2,3)13-14-9-11-16(12-10-14)20-22-17(23)21-19-15-7-5-4-6-8-15/h4-12,20H,13H2,1-3H3,(H,22,23)/b21-19+. The van der Waals surface area contributed by atoms with Gasteiger partial charge in [-0.3, -0.25) is 10.9 Å². The van der Waals surface area contributed by atoms with Gasteiger partial charge in [0.05, 0.1) is 11.4 Å². The average Bonchev–Trinajstić information content (AvgIpc) is 2.52. The monoisotopic (exact) mass is 326 g/mol. The Kier molecular flexibility index (Phi) is 5.82. The number of azo groups is 1. The van der Waals surface area contributed by atoms with E-state index in [1.165, 1.54) is 5.56 Å². The molecule has 0 saturated heterocycles. The lowest BCUT2D eigenvalue weighted by Gasteiger charge is -2.18. The second-order valence-electron chi connectivity index (χ2n) is 6.53. The molecule has 0 aliphatic carbocycles. The number of nitrogens with one attached hydrogen (secondary N) is 2. The highest BCUT2D eigenvalue weighted by Crippen LogP contribution is 2.21. The second-order valence-corrected chi connectivity index (χ2v) is 6.91. The molecule has 0 heterocycles. The number of nitrogens with zero attached hydrogens (tertiary/aromatic N) is 2. The number of rotatable bonds is 4. The van der Waals surface area contributed by atoms with Crippen molar-refractivity contribution in [3.05, 3.63) is 60.2 Å². The van der Waals surface area contributed by atoms with Gasteiger partial charge in [0.15, 0.2) is 0 Å². The summed E-state index contributed by atoms with van der Waals surface area (Å²) in [6.07, 6.45) is 1.05. The third-order valence-corrected chi connectivity index (χ3v) is 3.20. The Hall–Kier alpha value is -2.27. The van der Waals surface area contributed by atoms with E-state index in [9.17, 15) is 0 Å². The van der Waals surface area contributed by atoms with E-state index in [1.807, 2.05) is 42.5 Å². The van der Waals surface area contributed by atoms with Crippen LogP contribution in [0.2, 0.25) is 0 Å². The molecule has 0 atom stereocenters. The van der Waals surface area contributed by atoms with Crippen molar-refractivity contribution in [1.29, 1.82) is 0 Å². The molecule has 0 spiro atoms. The van der Waals surface area contributed by atoms with E-state index >= 15 is 0 Å². The molecule has 23 heavy (non-hydrogen) atoms. The molecule has 0 bridgehead atoms. The molecule has 0 radical (unpaired) electrons. The van der Waals surface area contributed by atoms with E-state index < -0.39 is 0 Å². The summed E-state index contributed by atoms with van der Waals surface area (Å²) in [5.41, 5.74) is 9.18. The molecule has 2 aromatic rings. The minimum absolute atomic E-state index is 0.284. The van der Waals surface area contributed by atoms with Crippen LogP contribution in [0.25, 0.3) is 0 Å². The lowest BCUT2D eigenvalue weighted by Crippen LogP contribution is -2.25. The smallest absolute Gasteiger partial charge is 0.232 e. The van der Waals surface area contributed by atoms with Crippen LogP contribution >= 0.6 is 12.2 Å². The molecule has 4 nitrogen and oxygen atoms in total. The van der Waals surface area contributed by atoms with Crippen molar-refractivity contribution in [3.8, 4) is 0 Å². The molecule has 0 saturated carbocycles. The summed E-state index contributed by atoms with van der Waals surface area (Å²) in [5, 5.41) is 8.30. The molecule has 2 aromatic carbocycles. The molecule has 0 aromatic heterocycles. The fraction of sp³-hybridized carbons (Fsp3) is 0.278. The van der Waals surface area contributed by atoms with Gasteiger partial charge in [-0.2, -0.15) is 0 Å². The summed E-state index contributed by atoms with van der Waals surface area (Å²) in [7, 11) is 0. The largest absolute Gasteiger partial charge is 0.299 e. The molecule has 120 valence electrons. The highest BCUT2D eigenvalue weighted by atomic mass is 32.1. The first-order chi connectivity index (χ1) is 10.9. The Bertz CT molecular complexity index is 658. The van der Waals surface area contributed by atoms with E-state index in [-0.39, 0.29) is 10.5 Å². The lowest BCUT2D eigenvalue weighted by molar-refractivity contribution is 0.411. The van der Waals surface area contributed by atoms with Crippen LogP contribution in [0.1, 0.15) is 26.3 Å². The predicted molar refractivity (Wildman–Crippen MR) is 99.9 cm³/mol. The number of hydrogen-bond donors (Lipinski definition) is 2. The van der Waals surface area contributed by atoms with Gasteiger partial charge in [-0.05, 0) is 53.9 Å². The first-order valence-corrected chi connectivity index (χ1v) is 7.95. The van der Waals surface area contributed by atoms with Crippen LogP contribution in [0, 0.1) is 5.41 Å². The molecule has 5 heteroatoms. The SMILES string of the molecule is CC(C)(C)Cc1ccc(NNC(=S)/N=N/c2ccccc2)cc1. The van der Waals surface area contributed by atoms with Crippen LogP contribution in [0.4, 0.5) is 11.4 Å². The second kappa shape index (κ2) is 7.83. The van der Waals surface area contributed by atoms with Gasteiger partial charge in [0.25, 0.3) is 0 Å². The van der Waals surface area contributed by atoms with Gasteiger partial charge in [-0.15, -0.1) is 10.2 Å². The van der Waals surface area contributed by atoms with Crippen molar-refractivity contribution in [3.63, 3.8) is 0 Å². The first-order valence-electron chi connectivity index (χ1n) is 7.54. The van der Waals surface area contributed by atoms with Crippen LogP contribution in [0.3, 0.4) is 0 Å². The van der Waals surface area contributed by atoms with Crippen LogP contribution in [-0.4, -0.2) is 5.11 Å². The summed E-state index contributed by atoms with van der Waals surface area (Å²) >= 11 is 5.12. The van der Waals surface area contributed by atoms with Crippen molar-refractivity contribution in [2.24, 2.45) is 15.6 Å². The van der Waals surface area contributed by atoms with Crippen molar-refractivity contribution in [2.45, 2.75) is 27.2 Å². The van der Waals surface area contributed by atoms with Crippen molar-refractivity contribution >= 4 is 28.7 Å². The Balaban J connectivity index is 1.83. The summed E-state index contributed by atoms with van der Waals surface area (Å²) in [4.78, 5) is 0. The summed E-state index contributed by atoms with van der Waals surface area (Å²) in [5.74, 6) is 0. The maximum atomic E-state index is 5.12. The van der Waals surface area contributed by atoms with E-state index in [2.05, 4.69) is 54.0 Å². The number of hydrazine groups is 1. The topological polar surface area (TPSA) is 48.8 Å². The lowest BCUT2D eigenvalue weighted by atomic mass is 9.88. The Morgan fingerprint density at radius 3 is 2.26 bits per heavy atom. The van der Waals surface area contributed by atoms with Gasteiger partial charge in [0.1, 0.15) is 0 Å². The van der Waals surface area contributed by atoms with Crippen LogP contribution in [-0.2, 0) is 6.42 Å². The quantitative estimate of drug-likeness (QED) is 0.458. The number of thiocarbonyl (C=S) groups is 1. The molecule has 0 unspecified atom stereocenters. The highest BCUT2D eigenvalue weighted by Gasteiger charge is 2.10. The molecule has 0 amide bonds. The zero-order valence-corrected chi connectivity index (χ0v) is 14.5. The fourth-order valence-corrected chi connectivity index (χ4v) is 2.16. The Morgan fingerprint density at radius 2 is 1.65 bits per heavy atom. The van der Waals surface area contributed by atoms with Crippen molar-refractivity contribution < 1.29 is 0 Å². The molecular formula is C18H22N4S. The third-order valence-electron chi connectivity index (χ3n) is 3.01. The Labute approximate surface area is 143 Å². The molecule has 2 rings (SSSR count). The molecule has 0 aliphatic rings. The maximum Gasteiger partial charge on any atom is 0.232 e. The number of benzene rings is 2. The zero-order chi connectivity index (χ0) is 16.7. The van der Waals surface area contributed by atoms with E-state index in [1.54, 1.807) is 0 Å². The summed E-state index contributed by atoms with van der Waals surface area (Å²) in [6.45, 7) is 6.70. The minimum Gasteiger partial charge on any atom is -0.299 e. The van der Waals surface area contributed by atoms with E-state index in [0.29, 0.717) is 0 Å². The van der Waals surface area contributed by atoms with Gasteiger partial charge in [0, 0.05) is 0 Å². The summed E-state index contributed by atoms with van der Waals surface area (Å²) in [6, 6.07) is 17.7. The van der Waals surface area contributed by atoms with E-state index in [0.717, 1.165) is 17.8 Å². The maximum absolute atomic E-state index is 5.12. The third kappa shape index (κ3) is 6.57. The van der Waals surface area contributed by atoms with Crippen LogP contribution in [0.15, 0.2) is 64.8 Å². The van der Waals surface area contributed by atoms with Crippen LogP contribution < -0.4 is 10.9 Å². The minimum atomic E-state index is 0.284. The zero-order valence-electron chi connectivity index (χ0n) is 13.7. The predicted octanol–water partition coefficient (Wildman–Crippen LogP) is 5.26. The van der Waals surface area contributed by atoms with Gasteiger partial charge >= 0.3 is 0 Å². The normalized spacial score (nSPS) is 11.4. The van der Waals surface area contributed by atoms with Gasteiger partial charge in [0.2, 0.25) is 5.11 Å². The molecule has 2 N–H and O–H groups in total. The first kappa shape index (κ1) is 17.1. The van der Waals surface area contributed by atoms with E-state index in [4.69, 9.17) is 12.2 Å². The molecule has 0 aliphatic heterocycles. The Morgan fingerprint density at radius 1 is 1.00 bits per heavy atom. The highest BCUT2D eigenvalue weighted by molar-refractivity contribution is 7.80.